The normalized spacial score (nSPS) is 14.1. The van der Waals surface area contributed by atoms with Gasteiger partial charge >= 0.3 is 12.1 Å². The van der Waals surface area contributed by atoms with Gasteiger partial charge in [0.05, 0.1) is 11.7 Å². The molecule has 0 spiro atoms. The number of hydrogen-bond donors (Lipinski definition) is 4. The lowest BCUT2D eigenvalue weighted by atomic mass is 9.98. The second kappa shape index (κ2) is 9.81. The quantitative estimate of drug-likeness (QED) is 0.417. The highest BCUT2D eigenvalue weighted by atomic mass is 16.5. The Balaban J connectivity index is 1.28. The van der Waals surface area contributed by atoms with Crippen molar-refractivity contribution in [3.63, 3.8) is 0 Å². The van der Waals surface area contributed by atoms with E-state index in [0.717, 1.165) is 28.5 Å². The van der Waals surface area contributed by atoms with E-state index in [9.17, 15) is 19.8 Å². The van der Waals surface area contributed by atoms with Crippen molar-refractivity contribution in [1.29, 1.82) is 0 Å². The van der Waals surface area contributed by atoms with Crippen LogP contribution in [0.15, 0.2) is 67.0 Å². The standard InChI is InChI=1S/C25H24N2O6/c28-22(23(29)15-11-16(24(30)31)13-26-12-15)9-10-27-25(32)33-14-21-19-7-3-1-5-17(19)18-6-2-4-8-20(18)21/h1-8,11-13,21-23,28-29H,9-10,14H2,(H,27,32)(H,30,31). The molecule has 170 valence electrons. The zero-order valence-electron chi connectivity index (χ0n) is 17.7. The van der Waals surface area contributed by atoms with Crippen LogP contribution in [0.4, 0.5) is 4.79 Å². The highest BCUT2D eigenvalue weighted by Crippen LogP contribution is 2.44. The first-order chi connectivity index (χ1) is 16.0. The number of alkyl carbamates (subject to hydrolysis) is 1. The Bertz CT molecular complexity index is 1120. The molecule has 2 unspecified atom stereocenters. The van der Waals surface area contributed by atoms with Gasteiger partial charge in [-0.05, 0) is 34.7 Å². The van der Waals surface area contributed by atoms with E-state index >= 15 is 0 Å². The predicted molar refractivity (Wildman–Crippen MR) is 120 cm³/mol. The van der Waals surface area contributed by atoms with E-state index in [1.807, 2.05) is 36.4 Å². The van der Waals surface area contributed by atoms with Gasteiger partial charge in [-0.2, -0.15) is 0 Å². The van der Waals surface area contributed by atoms with Crippen LogP contribution in [-0.2, 0) is 4.74 Å². The Kier molecular flexibility index (Phi) is 6.67. The van der Waals surface area contributed by atoms with Crippen LogP contribution in [0, 0.1) is 0 Å². The van der Waals surface area contributed by atoms with Gasteiger partial charge in [-0.3, -0.25) is 4.98 Å². The lowest BCUT2D eigenvalue weighted by molar-refractivity contribution is 0.0134. The van der Waals surface area contributed by atoms with Crippen molar-refractivity contribution in [3.8, 4) is 11.1 Å². The van der Waals surface area contributed by atoms with Crippen LogP contribution in [0.3, 0.4) is 0 Å². The number of aliphatic hydroxyl groups is 2. The molecule has 8 nitrogen and oxygen atoms in total. The Labute approximate surface area is 190 Å². The van der Waals surface area contributed by atoms with Crippen LogP contribution in [-0.4, -0.2) is 51.6 Å². The molecule has 0 radical (unpaired) electrons. The van der Waals surface area contributed by atoms with Gasteiger partial charge in [0.25, 0.3) is 0 Å². The van der Waals surface area contributed by atoms with Gasteiger partial charge in [-0.15, -0.1) is 0 Å². The number of carboxylic acids is 1. The first-order valence-corrected chi connectivity index (χ1v) is 10.6. The molecule has 2 atom stereocenters. The molecule has 3 aromatic rings. The fourth-order valence-corrected chi connectivity index (χ4v) is 4.09. The molecule has 4 N–H and O–H groups in total. The van der Waals surface area contributed by atoms with E-state index in [2.05, 4.69) is 22.4 Å². The molecule has 4 rings (SSSR count). The number of aliphatic hydroxyl groups excluding tert-OH is 2. The predicted octanol–water partition coefficient (Wildman–Crippen LogP) is 3.10. The summed E-state index contributed by atoms with van der Waals surface area (Å²) in [7, 11) is 0. The summed E-state index contributed by atoms with van der Waals surface area (Å²) in [5.41, 5.74) is 4.60. The number of aromatic nitrogens is 1. The number of nitrogens with zero attached hydrogens (tertiary/aromatic N) is 1. The van der Waals surface area contributed by atoms with Crippen molar-refractivity contribution >= 4 is 12.1 Å². The molecule has 0 bridgehead atoms. The van der Waals surface area contributed by atoms with Gasteiger partial charge in [0.15, 0.2) is 0 Å². The summed E-state index contributed by atoms with van der Waals surface area (Å²) >= 11 is 0. The number of amides is 1. The number of benzene rings is 2. The molecule has 2 aromatic carbocycles. The summed E-state index contributed by atoms with van der Waals surface area (Å²) in [4.78, 5) is 27.0. The van der Waals surface area contributed by atoms with Crippen LogP contribution < -0.4 is 5.32 Å². The van der Waals surface area contributed by atoms with E-state index in [4.69, 9.17) is 9.84 Å². The summed E-state index contributed by atoms with van der Waals surface area (Å²) in [5.74, 6) is -1.23. The molecule has 1 aliphatic carbocycles. The molecule has 1 amide bonds. The average Bonchev–Trinajstić information content (AvgIpc) is 3.16. The SMILES string of the molecule is O=C(NCCC(O)C(O)c1cncc(C(=O)O)c1)OCC1c2ccccc2-c2ccccc21. The van der Waals surface area contributed by atoms with Gasteiger partial charge < -0.3 is 25.4 Å². The number of aromatic carboxylic acids is 1. The molecule has 0 fully saturated rings. The number of fused-ring (bicyclic) bond motifs is 3. The molecular formula is C25H24N2O6. The molecule has 0 saturated heterocycles. The van der Waals surface area contributed by atoms with Crippen molar-refractivity contribution in [2.45, 2.75) is 24.5 Å². The van der Waals surface area contributed by atoms with Gasteiger partial charge in [0.1, 0.15) is 12.7 Å². The van der Waals surface area contributed by atoms with Crippen molar-refractivity contribution in [2.24, 2.45) is 0 Å². The average molecular weight is 448 g/mol. The molecule has 0 aliphatic heterocycles. The molecule has 1 aliphatic rings. The van der Waals surface area contributed by atoms with Crippen LogP contribution in [0.2, 0.25) is 0 Å². The Morgan fingerprint density at radius 2 is 1.64 bits per heavy atom. The first kappa shape index (κ1) is 22.4. The number of rotatable bonds is 8. The molecule has 1 heterocycles. The number of nitrogens with one attached hydrogen (secondary N) is 1. The van der Waals surface area contributed by atoms with Crippen LogP contribution >= 0.6 is 0 Å². The van der Waals surface area contributed by atoms with Crippen molar-refractivity contribution < 1.29 is 29.6 Å². The van der Waals surface area contributed by atoms with E-state index in [1.54, 1.807) is 0 Å². The zero-order valence-corrected chi connectivity index (χ0v) is 17.7. The third-order valence-corrected chi connectivity index (χ3v) is 5.77. The van der Waals surface area contributed by atoms with Gasteiger partial charge in [-0.25, -0.2) is 9.59 Å². The Morgan fingerprint density at radius 3 is 2.27 bits per heavy atom. The minimum Gasteiger partial charge on any atom is -0.478 e. The van der Waals surface area contributed by atoms with Crippen molar-refractivity contribution in [2.75, 3.05) is 13.2 Å². The van der Waals surface area contributed by atoms with Gasteiger partial charge in [0, 0.05) is 30.4 Å². The number of carbonyl (C=O) groups is 2. The third kappa shape index (κ3) is 4.87. The maximum absolute atomic E-state index is 12.2. The smallest absolute Gasteiger partial charge is 0.407 e. The zero-order chi connectivity index (χ0) is 23.4. The highest BCUT2D eigenvalue weighted by molar-refractivity contribution is 5.87. The second-order valence-corrected chi connectivity index (χ2v) is 7.87. The minimum atomic E-state index is -1.33. The number of pyridine rings is 1. The molecule has 0 saturated carbocycles. The Hall–Kier alpha value is -3.75. The molecular weight excluding hydrogens is 424 g/mol. The van der Waals surface area contributed by atoms with Crippen molar-refractivity contribution in [1.82, 2.24) is 10.3 Å². The summed E-state index contributed by atoms with van der Waals surface area (Å²) in [6.45, 7) is 0.250. The first-order valence-electron chi connectivity index (χ1n) is 10.6. The summed E-state index contributed by atoms with van der Waals surface area (Å²) < 4.78 is 5.44. The van der Waals surface area contributed by atoms with E-state index in [1.165, 1.54) is 12.3 Å². The van der Waals surface area contributed by atoms with E-state index in [0.29, 0.717) is 0 Å². The van der Waals surface area contributed by atoms with Gasteiger partial charge in [0.2, 0.25) is 0 Å². The monoisotopic (exact) mass is 448 g/mol. The van der Waals surface area contributed by atoms with Crippen LogP contribution in [0.25, 0.3) is 11.1 Å². The van der Waals surface area contributed by atoms with E-state index in [-0.39, 0.29) is 36.6 Å². The summed E-state index contributed by atoms with van der Waals surface area (Å²) in [5, 5.41) is 32.1. The number of hydrogen-bond acceptors (Lipinski definition) is 6. The largest absolute Gasteiger partial charge is 0.478 e. The maximum atomic E-state index is 12.2. The maximum Gasteiger partial charge on any atom is 0.407 e. The molecule has 1 aromatic heterocycles. The minimum absolute atomic E-state index is 0.0443. The lowest BCUT2D eigenvalue weighted by Gasteiger charge is -2.19. The topological polar surface area (TPSA) is 129 Å². The summed E-state index contributed by atoms with van der Waals surface area (Å²) in [6.07, 6.45) is -0.676. The number of carboxylic acid groups (broad SMARTS) is 1. The number of ether oxygens (including phenoxy) is 1. The fraction of sp³-hybridized carbons (Fsp3) is 0.240. The Morgan fingerprint density at radius 1 is 1.00 bits per heavy atom. The van der Waals surface area contributed by atoms with Crippen molar-refractivity contribution in [3.05, 3.63) is 89.2 Å². The van der Waals surface area contributed by atoms with E-state index < -0.39 is 24.3 Å². The lowest BCUT2D eigenvalue weighted by Crippen LogP contribution is -2.30. The fourth-order valence-electron chi connectivity index (χ4n) is 4.09. The van der Waals surface area contributed by atoms with Gasteiger partial charge in [-0.1, -0.05) is 48.5 Å². The number of carbonyl (C=O) groups excluding carboxylic acids is 1. The highest BCUT2D eigenvalue weighted by Gasteiger charge is 2.29. The molecule has 33 heavy (non-hydrogen) atoms. The van der Waals surface area contributed by atoms with Crippen LogP contribution in [0.5, 0.6) is 0 Å². The van der Waals surface area contributed by atoms with Crippen LogP contribution in [0.1, 0.15) is 45.5 Å². The summed E-state index contributed by atoms with van der Waals surface area (Å²) in [6, 6.07) is 17.3. The third-order valence-electron chi connectivity index (χ3n) is 5.77. The molecule has 8 heteroatoms. The second-order valence-electron chi connectivity index (χ2n) is 7.87.